The van der Waals surface area contributed by atoms with E-state index < -0.39 is 24.9 Å². The Bertz CT molecular complexity index is 234. The van der Waals surface area contributed by atoms with Crippen LogP contribution in [0, 0.1) is 0 Å². The average molecular weight is 322 g/mol. The van der Waals surface area contributed by atoms with Crippen LogP contribution in [0.4, 0.5) is 0 Å². The Morgan fingerprint density at radius 3 is 1.16 bits per heavy atom. The van der Waals surface area contributed by atoms with Crippen molar-refractivity contribution in [3.05, 3.63) is 0 Å². The van der Waals surface area contributed by atoms with Crippen molar-refractivity contribution in [2.45, 2.75) is 58.9 Å². The van der Waals surface area contributed by atoms with Crippen molar-refractivity contribution >= 4 is 24.9 Å². The Hall–Kier alpha value is 0.531. The predicted octanol–water partition coefficient (Wildman–Crippen LogP) is 3.83. The van der Waals surface area contributed by atoms with Gasteiger partial charge >= 0.3 is 0 Å². The lowest BCUT2D eigenvalue weighted by molar-refractivity contribution is 0.228. The molecule has 0 saturated heterocycles. The van der Waals surface area contributed by atoms with Crippen molar-refractivity contribution in [1.29, 1.82) is 0 Å². The highest BCUT2D eigenvalue weighted by atomic mass is 28.4. The molecular weight excluding hydrogens is 286 g/mol. The Kier molecular flexibility index (Phi) is 7.72. The molecule has 0 N–H and O–H groups in total. The third-order valence-corrected chi connectivity index (χ3v) is 7.23. The molecule has 0 rings (SSSR count). The molecule has 0 heterocycles. The summed E-state index contributed by atoms with van der Waals surface area (Å²) in [6.07, 6.45) is 0. The highest BCUT2D eigenvalue weighted by Crippen LogP contribution is 2.11. The molecular formula is C13H35NO2Si3. The second kappa shape index (κ2) is 7.51. The first kappa shape index (κ1) is 19.5. The summed E-state index contributed by atoms with van der Waals surface area (Å²) in [4.78, 5) is 0. The van der Waals surface area contributed by atoms with Gasteiger partial charge in [0, 0.05) is 26.3 Å². The molecule has 0 aliphatic carbocycles. The van der Waals surface area contributed by atoms with Crippen LogP contribution in [-0.2, 0) is 8.85 Å². The van der Waals surface area contributed by atoms with E-state index in [0.29, 0.717) is 0 Å². The van der Waals surface area contributed by atoms with E-state index in [0.717, 1.165) is 26.3 Å². The van der Waals surface area contributed by atoms with Crippen LogP contribution in [0.25, 0.3) is 0 Å². The zero-order valence-electron chi connectivity index (χ0n) is 14.6. The molecule has 0 unspecified atom stereocenters. The van der Waals surface area contributed by atoms with Crippen LogP contribution in [0.1, 0.15) is 0 Å². The summed E-state index contributed by atoms with van der Waals surface area (Å²) < 4.78 is 14.6. The SMILES string of the molecule is C[Si](C)(C)OCCN(CCO[Si](C)(C)C)[Si](C)(C)C. The van der Waals surface area contributed by atoms with Gasteiger partial charge in [0.1, 0.15) is 8.24 Å². The highest BCUT2D eigenvalue weighted by Gasteiger charge is 2.25. The van der Waals surface area contributed by atoms with Crippen LogP contribution in [0.15, 0.2) is 0 Å². The van der Waals surface area contributed by atoms with Gasteiger partial charge in [0.05, 0.1) is 0 Å². The molecule has 19 heavy (non-hydrogen) atoms. The van der Waals surface area contributed by atoms with Gasteiger partial charge in [-0.25, -0.2) is 0 Å². The van der Waals surface area contributed by atoms with Crippen molar-refractivity contribution in [3.63, 3.8) is 0 Å². The van der Waals surface area contributed by atoms with Gasteiger partial charge < -0.3 is 13.4 Å². The normalized spacial score (nSPS) is 14.2. The van der Waals surface area contributed by atoms with Gasteiger partial charge in [0.2, 0.25) is 0 Å². The van der Waals surface area contributed by atoms with Crippen molar-refractivity contribution in [2.24, 2.45) is 0 Å². The van der Waals surface area contributed by atoms with Crippen LogP contribution in [0.3, 0.4) is 0 Å². The Balaban J connectivity index is 4.19. The zero-order valence-corrected chi connectivity index (χ0v) is 17.6. The first-order valence-corrected chi connectivity index (χ1v) is 17.6. The van der Waals surface area contributed by atoms with Gasteiger partial charge in [-0.2, -0.15) is 0 Å². The van der Waals surface area contributed by atoms with Crippen LogP contribution in [-0.4, -0.2) is 55.7 Å². The van der Waals surface area contributed by atoms with Crippen LogP contribution >= 0.6 is 0 Å². The summed E-state index contributed by atoms with van der Waals surface area (Å²) in [5.41, 5.74) is 0. The number of hydrogen-bond acceptors (Lipinski definition) is 3. The lowest BCUT2D eigenvalue weighted by Gasteiger charge is -2.35. The van der Waals surface area contributed by atoms with Crippen molar-refractivity contribution in [1.82, 2.24) is 4.57 Å². The summed E-state index contributed by atoms with van der Waals surface area (Å²) in [5, 5.41) is 0. The average Bonchev–Trinajstić information content (AvgIpc) is 2.09. The van der Waals surface area contributed by atoms with Gasteiger partial charge in [-0.05, 0) is 39.3 Å². The number of rotatable bonds is 9. The van der Waals surface area contributed by atoms with Crippen molar-refractivity contribution < 1.29 is 8.85 Å². The van der Waals surface area contributed by atoms with E-state index in [1.807, 2.05) is 0 Å². The molecule has 0 saturated carbocycles. The van der Waals surface area contributed by atoms with E-state index in [1.54, 1.807) is 0 Å². The maximum atomic E-state index is 5.99. The maximum absolute atomic E-state index is 5.99. The van der Waals surface area contributed by atoms with Gasteiger partial charge in [0.25, 0.3) is 0 Å². The highest BCUT2D eigenvalue weighted by molar-refractivity contribution is 6.73. The zero-order chi connectivity index (χ0) is 15.3. The lowest BCUT2D eigenvalue weighted by atomic mass is 10.6. The summed E-state index contributed by atoms with van der Waals surface area (Å²) in [7, 11) is -4.04. The third kappa shape index (κ3) is 12.0. The van der Waals surface area contributed by atoms with E-state index >= 15 is 0 Å². The minimum atomic E-state index is -1.38. The lowest BCUT2D eigenvalue weighted by Crippen LogP contribution is -2.50. The first-order chi connectivity index (χ1) is 8.31. The summed E-state index contributed by atoms with van der Waals surface area (Å²) >= 11 is 0. The second-order valence-electron chi connectivity index (χ2n) is 8.08. The van der Waals surface area contributed by atoms with Crippen LogP contribution < -0.4 is 0 Å². The van der Waals surface area contributed by atoms with Crippen molar-refractivity contribution in [2.75, 3.05) is 26.3 Å². The maximum Gasteiger partial charge on any atom is 0.183 e. The van der Waals surface area contributed by atoms with Crippen LogP contribution in [0.2, 0.25) is 58.9 Å². The molecule has 0 aromatic rings. The molecule has 0 radical (unpaired) electrons. The fourth-order valence-electron chi connectivity index (χ4n) is 1.71. The predicted molar refractivity (Wildman–Crippen MR) is 93.5 cm³/mol. The largest absolute Gasteiger partial charge is 0.416 e. The molecule has 0 aliphatic rings. The van der Waals surface area contributed by atoms with E-state index in [2.05, 4.69) is 63.5 Å². The second-order valence-corrected chi connectivity index (χ2v) is 22.1. The fourth-order valence-corrected chi connectivity index (χ4v) is 4.64. The summed E-state index contributed by atoms with van der Waals surface area (Å²) in [6.45, 7) is 24.5. The molecule has 0 aliphatic heterocycles. The van der Waals surface area contributed by atoms with Gasteiger partial charge in [-0.3, -0.25) is 0 Å². The van der Waals surface area contributed by atoms with E-state index in [-0.39, 0.29) is 0 Å². The molecule has 6 heteroatoms. The van der Waals surface area contributed by atoms with E-state index in [9.17, 15) is 0 Å². The molecule has 3 nitrogen and oxygen atoms in total. The quantitative estimate of drug-likeness (QED) is 0.603. The molecule has 0 fully saturated rings. The topological polar surface area (TPSA) is 21.7 Å². The molecule has 0 aromatic heterocycles. The Morgan fingerprint density at radius 2 is 0.947 bits per heavy atom. The third-order valence-electron chi connectivity index (χ3n) is 2.74. The summed E-state index contributed by atoms with van der Waals surface area (Å²) in [6, 6.07) is 0. The minimum absolute atomic E-state index is 0.868. The fraction of sp³-hybridized carbons (Fsp3) is 1.00. The number of hydrogen-bond donors (Lipinski definition) is 0. The Labute approximate surface area is 124 Å². The van der Waals surface area contributed by atoms with Crippen molar-refractivity contribution in [3.8, 4) is 0 Å². The monoisotopic (exact) mass is 321 g/mol. The standard InChI is InChI=1S/C13H35NO2Si3/c1-17(2,3)14(10-12-15-18(4,5)6)11-13-16-19(7,8)9/h10-13H2,1-9H3. The van der Waals surface area contributed by atoms with E-state index in [4.69, 9.17) is 8.85 Å². The first-order valence-electron chi connectivity index (χ1n) is 7.34. The molecule has 0 aromatic carbocycles. The molecule has 0 amide bonds. The molecule has 116 valence electrons. The molecule has 0 spiro atoms. The molecule has 0 atom stereocenters. The smallest absolute Gasteiger partial charge is 0.183 e. The minimum Gasteiger partial charge on any atom is -0.416 e. The Morgan fingerprint density at radius 1 is 0.632 bits per heavy atom. The molecule has 0 bridgehead atoms. The number of nitrogens with zero attached hydrogens (tertiary/aromatic N) is 1. The van der Waals surface area contributed by atoms with Gasteiger partial charge in [0.15, 0.2) is 16.6 Å². The van der Waals surface area contributed by atoms with Gasteiger partial charge in [-0.1, -0.05) is 19.6 Å². The van der Waals surface area contributed by atoms with Gasteiger partial charge in [-0.15, -0.1) is 0 Å². The van der Waals surface area contributed by atoms with Crippen LogP contribution in [0.5, 0.6) is 0 Å². The van der Waals surface area contributed by atoms with E-state index in [1.165, 1.54) is 0 Å². The summed E-state index contributed by atoms with van der Waals surface area (Å²) in [5.74, 6) is 0.